The second kappa shape index (κ2) is 7.51. The highest BCUT2D eigenvalue weighted by molar-refractivity contribution is 5.94. The molecule has 3 nitrogen and oxygen atoms in total. The molecule has 3 rings (SSSR count). The third kappa shape index (κ3) is 4.04. The fourth-order valence-electron chi connectivity index (χ4n) is 2.48. The Balaban J connectivity index is 1.86. The Hall–Kier alpha value is -3.01. The highest BCUT2D eigenvalue weighted by Gasteiger charge is 2.17. The van der Waals surface area contributed by atoms with Crippen LogP contribution in [0.2, 0.25) is 0 Å². The first-order chi connectivity index (χ1) is 11.7. The van der Waals surface area contributed by atoms with Crippen molar-refractivity contribution < 1.29 is 9.18 Å². The van der Waals surface area contributed by atoms with Gasteiger partial charge in [0.05, 0.1) is 13.0 Å². The van der Waals surface area contributed by atoms with Gasteiger partial charge in [-0.05, 0) is 41.5 Å². The van der Waals surface area contributed by atoms with Crippen molar-refractivity contribution in [2.75, 3.05) is 4.90 Å². The maximum Gasteiger partial charge on any atom is 0.231 e. The van der Waals surface area contributed by atoms with E-state index in [9.17, 15) is 9.18 Å². The molecule has 0 N–H and O–H groups in total. The van der Waals surface area contributed by atoms with E-state index in [1.165, 1.54) is 12.1 Å². The van der Waals surface area contributed by atoms with E-state index in [1.807, 2.05) is 42.5 Å². The summed E-state index contributed by atoms with van der Waals surface area (Å²) in [7, 11) is 0. The summed E-state index contributed by atoms with van der Waals surface area (Å²) < 4.78 is 13.2. The molecule has 0 aliphatic heterocycles. The molecule has 1 amide bonds. The zero-order valence-electron chi connectivity index (χ0n) is 13.1. The van der Waals surface area contributed by atoms with Crippen LogP contribution in [-0.4, -0.2) is 10.9 Å². The van der Waals surface area contributed by atoms with Gasteiger partial charge in [-0.3, -0.25) is 9.78 Å². The van der Waals surface area contributed by atoms with E-state index in [0.717, 1.165) is 11.1 Å². The van der Waals surface area contributed by atoms with Gasteiger partial charge in [0.1, 0.15) is 5.82 Å². The van der Waals surface area contributed by atoms with Crippen LogP contribution in [0, 0.1) is 5.82 Å². The molecule has 0 atom stereocenters. The number of hydrogen-bond acceptors (Lipinski definition) is 2. The van der Waals surface area contributed by atoms with Gasteiger partial charge in [-0.2, -0.15) is 0 Å². The number of hydrogen-bond donors (Lipinski definition) is 0. The number of amides is 1. The van der Waals surface area contributed by atoms with Gasteiger partial charge < -0.3 is 4.90 Å². The standard InChI is InChI=1S/C20H17FN2O/c21-18-8-10-19(11-9-18)23(15-17-7-4-12-22-14-17)20(24)13-16-5-2-1-3-6-16/h1-12,14H,13,15H2. The Labute approximate surface area is 140 Å². The highest BCUT2D eigenvalue weighted by atomic mass is 19.1. The third-order valence-electron chi connectivity index (χ3n) is 3.70. The molecule has 0 unspecified atom stereocenters. The molecule has 0 fully saturated rings. The number of rotatable bonds is 5. The number of aromatic nitrogens is 1. The van der Waals surface area contributed by atoms with Crippen LogP contribution in [0.5, 0.6) is 0 Å². The van der Waals surface area contributed by atoms with Gasteiger partial charge in [0, 0.05) is 18.1 Å². The topological polar surface area (TPSA) is 33.2 Å². The molecule has 0 aliphatic rings. The molecule has 0 aliphatic carbocycles. The normalized spacial score (nSPS) is 10.4. The van der Waals surface area contributed by atoms with Crippen LogP contribution >= 0.6 is 0 Å². The number of benzene rings is 2. The number of carbonyl (C=O) groups excluding carboxylic acids is 1. The monoisotopic (exact) mass is 320 g/mol. The van der Waals surface area contributed by atoms with Crippen LogP contribution in [0.15, 0.2) is 79.1 Å². The van der Waals surface area contributed by atoms with E-state index in [0.29, 0.717) is 18.7 Å². The minimum atomic E-state index is -0.324. The molecule has 0 saturated carbocycles. The zero-order valence-corrected chi connectivity index (χ0v) is 13.1. The van der Waals surface area contributed by atoms with E-state index in [1.54, 1.807) is 29.4 Å². The van der Waals surface area contributed by atoms with Gasteiger partial charge in [-0.25, -0.2) is 4.39 Å². The van der Waals surface area contributed by atoms with Crippen molar-refractivity contribution in [3.05, 3.63) is 96.1 Å². The van der Waals surface area contributed by atoms with Crippen LogP contribution in [0.4, 0.5) is 10.1 Å². The van der Waals surface area contributed by atoms with Gasteiger partial charge in [0.25, 0.3) is 0 Å². The van der Waals surface area contributed by atoms with Crippen LogP contribution in [0.25, 0.3) is 0 Å². The fourth-order valence-corrected chi connectivity index (χ4v) is 2.48. The molecule has 24 heavy (non-hydrogen) atoms. The van der Waals surface area contributed by atoms with E-state index in [4.69, 9.17) is 0 Å². The van der Waals surface area contributed by atoms with Gasteiger partial charge in [-0.1, -0.05) is 36.4 Å². The summed E-state index contributed by atoms with van der Waals surface area (Å²) in [5.74, 6) is -0.368. The van der Waals surface area contributed by atoms with Gasteiger partial charge in [0.2, 0.25) is 5.91 Å². The van der Waals surface area contributed by atoms with Crippen LogP contribution in [-0.2, 0) is 17.8 Å². The minimum Gasteiger partial charge on any atom is -0.308 e. The smallest absolute Gasteiger partial charge is 0.231 e. The molecular formula is C20H17FN2O. The quantitative estimate of drug-likeness (QED) is 0.712. The second-order valence-corrected chi connectivity index (χ2v) is 5.48. The van der Waals surface area contributed by atoms with Crippen molar-refractivity contribution in [2.24, 2.45) is 0 Å². The number of halogens is 1. The largest absolute Gasteiger partial charge is 0.308 e. The Morgan fingerprint density at radius 1 is 0.917 bits per heavy atom. The predicted octanol–water partition coefficient (Wildman–Crippen LogP) is 4.00. The lowest BCUT2D eigenvalue weighted by molar-refractivity contribution is -0.118. The molecule has 4 heteroatoms. The van der Waals surface area contributed by atoms with Gasteiger partial charge >= 0.3 is 0 Å². The molecule has 1 aromatic heterocycles. The summed E-state index contributed by atoms with van der Waals surface area (Å²) in [4.78, 5) is 18.6. The molecule has 0 bridgehead atoms. The Bertz CT molecular complexity index is 789. The van der Waals surface area contributed by atoms with Crippen molar-refractivity contribution in [3.8, 4) is 0 Å². The number of pyridine rings is 1. The third-order valence-corrected chi connectivity index (χ3v) is 3.70. The molecule has 0 radical (unpaired) electrons. The lowest BCUT2D eigenvalue weighted by atomic mass is 10.1. The Kier molecular flexibility index (Phi) is 4.96. The molecular weight excluding hydrogens is 303 g/mol. The Morgan fingerprint density at radius 3 is 2.29 bits per heavy atom. The average Bonchev–Trinajstić information content (AvgIpc) is 2.62. The van der Waals surface area contributed by atoms with Crippen molar-refractivity contribution >= 4 is 11.6 Å². The van der Waals surface area contributed by atoms with Crippen molar-refractivity contribution in [3.63, 3.8) is 0 Å². The number of carbonyl (C=O) groups is 1. The van der Waals surface area contributed by atoms with E-state index >= 15 is 0 Å². The van der Waals surface area contributed by atoms with E-state index < -0.39 is 0 Å². The summed E-state index contributed by atoms with van der Waals surface area (Å²) in [6.45, 7) is 0.394. The molecule has 0 saturated heterocycles. The fraction of sp³-hybridized carbons (Fsp3) is 0.100. The lowest BCUT2D eigenvalue weighted by Gasteiger charge is -2.23. The maximum absolute atomic E-state index is 13.2. The summed E-state index contributed by atoms with van der Waals surface area (Å²) in [5, 5.41) is 0. The van der Waals surface area contributed by atoms with Crippen LogP contribution < -0.4 is 4.90 Å². The van der Waals surface area contributed by atoms with Gasteiger partial charge in [0.15, 0.2) is 0 Å². The SMILES string of the molecule is O=C(Cc1ccccc1)N(Cc1cccnc1)c1ccc(F)cc1. The Morgan fingerprint density at radius 2 is 1.62 bits per heavy atom. The van der Waals surface area contributed by atoms with Crippen molar-refractivity contribution in [1.82, 2.24) is 4.98 Å². The average molecular weight is 320 g/mol. The van der Waals surface area contributed by atoms with Crippen LogP contribution in [0.3, 0.4) is 0 Å². The van der Waals surface area contributed by atoms with Crippen molar-refractivity contribution in [2.45, 2.75) is 13.0 Å². The molecule has 2 aromatic carbocycles. The summed E-state index contributed by atoms with van der Waals surface area (Å²) in [6, 6.07) is 19.3. The number of nitrogens with zero attached hydrogens (tertiary/aromatic N) is 2. The molecule has 3 aromatic rings. The first kappa shape index (κ1) is 15.9. The zero-order chi connectivity index (χ0) is 16.8. The minimum absolute atomic E-state index is 0.0448. The summed E-state index contributed by atoms with van der Waals surface area (Å²) in [5.41, 5.74) is 2.53. The summed E-state index contributed by atoms with van der Waals surface area (Å²) in [6.07, 6.45) is 3.71. The van der Waals surface area contributed by atoms with Crippen LogP contribution in [0.1, 0.15) is 11.1 Å². The molecule has 0 spiro atoms. The second-order valence-electron chi connectivity index (χ2n) is 5.48. The first-order valence-electron chi connectivity index (χ1n) is 7.71. The first-order valence-corrected chi connectivity index (χ1v) is 7.71. The summed E-state index contributed by atoms with van der Waals surface area (Å²) >= 11 is 0. The van der Waals surface area contributed by atoms with Gasteiger partial charge in [-0.15, -0.1) is 0 Å². The van der Waals surface area contributed by atoms with E-state index in [-0.39, 0.29) is 11.7 Å². The maximum atomic E-state index is 13.2. The highest BCUT2D eigenvalue weighted by Crippen LogP contribution is 2.19. The number of anilines is 1. The predicted molar refractivity (Wildman–Crippen MR) is 92.0 cm³/mol. The lowest BCUT2D eigenvalue weighted by Crippen LogP contribution is -2.31. The molecule has 120 valence electrons. The van der Waals surface area contributed by atoms with Crippen molar-refractivity contribution in [1.29, 1.82) is 0 Å². The van der Waals surface area contributed by atoms with E-state index in [2.05, 4.69) is 4.98 Å². The molecule has 1 heterocycles.